The van der Waals surface area contributed by atoms with Crippen LogP contribution in [0.15, 0.2) is 18.2 Å². The fraction of sp³-hybridized carbons (Fsp3) is 0.647. The lowest BCUT2D eigenvalue weighted by atomic mass is 9.93. The molecule has 0 spiro atoms. The van der Waals surface area contributed by atoms with E-state index >= 15 is 0 Å². The maximum Gasteiger partial charge on any atom is 0.161 e. The molecule has 118 valence electrons. The van der Waals surface area contributed by atoms with E-state index in [0.717, 1.165) is 44.1 Å². The van der Waals surface area contributed by atoms with Crippen LogP contribution in [0.3, 0.4) is 0 Å². The predicted molar refractivity (Wildman–Crippen MR) is 84.0 cm³/mol. The van der Waals surface area contributed by atoms with Gasteiger partial charge in [0, 0.05) is 25.8 Å². The van der Waals surface area contributed by atoms with Gasteiger partial charge < -0.3 is 19.5 Å². The minimum absolute atomic E-state index is 0.506. The van der Waals surface area contributed by atoms with Gasteiger partial charge in [-0.3, -0.25) is 0 Å². The number of ether oxygens (including phenoxy) is 3. The first-order valence-corrected chi connectivity index (χ1v) is 7.85. The lowest BCUT2D eigenvalue weighted by Crippen LogP contribution is -2.36. The molecule has 4 nitrogen and oxygen atoms in total. The molecule has 0 aromatic heterocycles. The number of rotatable bonds is 7. The second-order valence-electron chi connectivity index (χ2n) is 5.54. The van der Waals surface area contributed by atoms with E-state index in [1.807, 2.05) is 13.0 Å². The molecule has 1 heterocycles. The van der Waals surface area contributed by atoms with Crippen molar-refractivity contribution in [3.05, 3.63) is 23.8 Å². The average Bonchev–Trinajstić information content (AvgIpc) is 2.54. The monoisotopic (exact) mass is 293 g/mol. The van der Waals surface area contributed by atoms with Crippen LogP contribution in [0.1, 0.15) is 32.3 Å². The Kier molecular flexibility index (Phi) is 6.33. The SMILES string of the molecule is CCOc1ccc(CNC(C)C2CCOCC2)cc1OC. The van der Waals surface area contributed by atoms with Gasteiger partial charge in [-0.25, -0.2) is 0 Å². The molecule has 1 fully saturated rings. The molecule has 4 heteroatoms. The van der Waals surface area contributed by atoms with Crippen LogP contribution in [0.2, 0.25) is 0 Å². The molecule has 1 unspecified atom stereocenters. The van der Waals surface area contributed by atoms with Crippen molar-refractivity contribution in [2.24, 2.45) is 5.92 Å². The first-order valence-electron chi connectivity index (χ1n) is 7.85. The molecule has 1 atom stereocenters. The second kappa shape index (κ2) is 8.25. The molecule has 0 aliphatic carbocycles. The van der Waals surface area contributed by atoms with Crippen molar-refractivity contribution in [2.75, 3.05) is 26.9 Å². The molecule has 21 heavy (non-hydrogen) atoms. The van der Waals surface area contributed by atoms with Crippen molar-refractivity contribution in [2.45, 2.75) is 39.3 Å². The fourth-order valence-electron chi connectivity index (χ4n) is 2.76. The molecule has 0 saturated carbocycles. The molecule has 1 saturated heterocycles. The Hall–Kier alpha value is -1.26. The number of hydrogen-bond donors (Lipinski definition) is 1. The molecular weight excluding hydrogens is 266 g/mol. The Balaban J connectivity index is 1.90. The van der Waals surface area contributed by atoms with Gasteiger partial charge in [-0.1, -0.05) is 6.07 Å². The summed E-state index contributed by atoms with van der Waals surface area (Å²) in [4.78, 5) is 0. The highest BCUT2D eigenvalue weighted by molar-refractivity contribution is 5.42. The first kappa shape index (κ1) is 16.1. The van der Waals surface area contributed by atoms with Gasteiger partial charge in [0.25, 0.3) is 0 Å². The van der Waals surface area contributed by atoms with E-state index in [4.69, 9.17) is 14.2 Å². The van der Waals surface area contributed by atoms with Crippen LogP contribution in [0, 0.1) is 5.92 Å². The molecule has 0 radical (unpaired) electrons. The highest BCUT2D eigenvalue weighted by Gasteiger charge is 2.20. The Morgan fingerprint density at radius 1 is 1.29 bits per heavy atom. The van der Waals surface area contributed by atoms with Gasteiger partial charge >= 0.3 is 0 Å². The molecule has 0 bridgehead atoms. The van der Waals surface area contributed by atoms with Crippen molar-refractivity contribution >= 4 is 0 Å². The number of hydrogen-bond acceptors (Lipinski definition) is 4. The molecule has 1 aliphatic rings. The normalized spacial score (nSPS) is 17.5. The van der Waals surface area contributed by atoms with E-state index in [0.29, 0.717) is 18.6 Å². The molecule has 1 N–H and O–H groups in total. The Morgan fingerprint density at radius 3 is 2.71 bits per heavy atom. The summed E-state index contributed by atoms with van der Waals surface area (Å²) in [7, 11) is 1.68. The lowest BCUT2D eigenvalue weighted by Gasteiger charge is -2.28. The zero-order chi connectivity index (χ0) is 15.1. The van der Waals surface area contributed by atoms with Crippen molar-refractivity contribution in [3.8, 4) is 11.5 Å². The highest BCUT2D eigenvalue weighted by Crippen LogP contribution is 2.28. The van der Waals surface area contributed by atoms with Gasteiger partial charge in [-0.2, -0.15) is 0 Å². The third-order valence-corrected chi connectivity index (χ3v) is 4.13. The van der Waals surface area contributed by atoms with Crippen LogP contribution in [0.5, 0.6) is 11.5 Å². The molecule has 1 aliphatic heterocycles. The van der Waals surface area contributed by atoms with Gasteiger partial charge in [0.2, 0.25) is 0 Å². The van der Waals surface area contributed by atoms with Crippen LogP contribution < -0.4 is 14.8 Å². The maximum absolute atomic E-state index is 5.54. The summed E-state index contributed by atoms with van der Waals surface area (Å²) in [5.41, 5.74) is 1.22. The number of benzene rings is 1. The van der Waals surface area contributed by atoms with Crippen LogP contribution >= 0.6 is 0 Å². The van der Waals surface area contributed by atoms with Gasteiger partial charge in [-0.15, -0.1) is 0 Å². The average molecular weight is 293 g/mol. The van der Waals surface area contributed by atoms with Gasteiger partial charge in [0.15, 0.2) is 11.5 Å². The third kappa shape index (κ3) is 4.61. The smallest absolute Gasteiger partial charge is 0.161 e. The maximum atomic E-state index is 5.54. The van der Waals surface area contributed by atoms with E-state index in [9.17, 15) is 0 Å². The summed E-state index contributed by atoms with van der Waals surface area (Å²) in [5, 5.41) is 3.62. The molecule has 0 amide bonds. The third-order valence-electron chi connectivity index (χ3n) is 4.13. The topological polar surface area (TPSA) is 39.7 Å². The van der Waals surface area contributed by atoms with Crippen molar-refractivity contribution in [3.63, 3.8) is 0 Å². The Bertz CT molecular complexity index is 430. The second-order valence-corrected chi connectivity index (χ2v) is 5.54. The zero-order valence-corrected chi connectivity index (χ0v) is 13.4. The Labute approximate surface area is 127 Å². The van der Waals surface area contributed by atoms with Gasteiger partial charge in [0.1, 0.15) is 0 Å². The molecule has 2 rings (SSSR count). The standard InChI is InChI=1S/C17H27NO3/c1-4-21-16-6-5-14(11-17(16)19-3)12-18-13(2)15-7-9-20-10-8-15/h5-6,11,13,15,18H,4,7-10,12H2,1-3H3. The van der Waals surface area contributed by atoms with Gasteiger partial charge in [-0.05, 0) is 50.3 Å². The summed E-state index contributed by atoms with van der Waals surface area (Å²) in [6, 6.07) is 6.64. The summed E-state index contributed by atoms with van der Waals surface area (Å²) in [5.74, 6) is 2.32. The van der Waals surface area contributed by atoms with Gasteiger partial charge in [0.05, 0.1) is 13.7 Å². The summed E-state index contributed by atoms with van der Waals surface area (Å²) < 4.78 is 16.4. The van der Waals surface area contributed by atoms with E-state index in [1.165, 1.54) is 5.56 Å². The van der Waals surface area contributed by atoms with Crippen LogP contribution in [0.25, 0.3) is 0 Å². The van der Waals surface area contributed by atoms with E-state index in [1.54, 1.807) is 7.11 Å². The summed E-state index contributed by atoms with van der Waals surface area (Å²) in [6.45, 7) is 7.53. The van der Waals surface area contributed by atoms with Crippen LogP contribution in [-0.2, 0) is 11.3 Å². The summed E-state index contributed by atoms with van der Waals surface area (Å²) in [6.07, 6.45) is 2.31. The fourth-order valence-corrected chi connectivity index (χ4v) is 2.76. The minimum atomic E-state index is 0.506. The number of methoxy groups -OCH3 is 1. The largest absolute Gasteiger partial charge is 0.493 e. The van der Waals surface area contributed by atoms with E-state index in [-0.39, 0.29) is 0 Å². The molecule has 1 aromatic rings. The zero-order valence-electron chi connectivity index (χ0n) is 13.4. The predicted octanol–water partition coefficient (Wildman–Crippen LogP) is 3.00. The minimum Gasteiger partial charge on any atom is -0.493 e. The van der Waals surface area contributed by atoms with Crippen LogP contribution in [-0.4, -0.2) is 33.0 Å². The molecule has 1 aromatic carbocycles. The van der Waals surface area contributed by atoms with Crippen molar-refractivity contribution in [1.82, 2.24) is 5.32 Å². The Morgan fingerprint density at radius 2 is 2.05 bits per heavy atom. The molecular formula is C17H27NO3. The first-order chi connectivity index (χ1) is 10.2. The van der Waals surface area contributed by atoms with Crippen LogP contribution in [0.4, 0.5) is 0 Å². The van der Waals surface area contributed by atoms with E-state index < -0.39 is 0 Å². The number of nitrogens with one attached hydrogen (secondary N) is 1. The quantitative estimate of drug-likeness (QED) is 0.839. The van der Waals surface area contributed by atoms with Crippen molar-refractivity contribution in [1.29, 1.82) is 0 Å². The highest BCUT2D eigenvalue weighted by atomic mass is 16.5. The van der Waals surface area contributed by atoms with E-state index in [2.05, 4.69) is 24.4 Å². The lowest BCUT2D eigenvalue weighted by molar-refractivity contribution is 0.0558. The van der Waals surface area contributed by atoms with Crippen molar-refractivity contribution < 1.29 is 14.2 Å². The summed E-state index contributed by atoms with van der Waals surface area (Å²) >= 11 is 0.